The molecule has 7 nitrogen and oxygen atoms in total. The zero-order valence-electron chi connectivity index (χ0n) is 18.3. The maximum absolute atomic E-state index is 13.4. The third kappa shape index (κ3) is 5.53. The summed E-state index contributed by atoms with van der Waals surface area (Å²) in [6.45, 7) is 1.95. The molecule has 0 bridgehead atoms. The van der Waals surface area contributed by atoms with Crippen molar-refractivity contribution in [3.05, 3.63) is 89.9 Å². The zero-order chi connectivity index (χ0) is 23.2. The molecule has 170 valence electrons. The predicted molar refractivity (Wildman–Crippen MR) is 121 cm³/mol. The van der Waals surface area contributed by atoms with Crippen LogP contribution in [0.15, 0.2) is 72.9 Å². The minimum absolute atomic E-state index is 0.131. The molecule has 3 aromatic rings. The van der Waals surface area contributed by atoms with E-state index in [1.165, 1.54) is 30.5 Å². The molecular weight excluding hydrogens is 423 g/mol. The maximum Gasteiger partial charge on any atom is 0.254 e. The lowest BCUT2D eigenvalue weighted by Gasteiger charge is -2.40. The number of halogens is 1. The highest BCUT2D eigenvalue weighted by atomic mass is 19.1. The molecule has 1 saturated heterocycles. The minimum Gasteiger partial charge on any atom is -0.439 e. The summed E-state index contributed by atoms with van der Waals surface area (Å²) in [5.74, 6) is -0.283. The predicted octanol–water partition coefficient (Wildman–Crippen LogP) is 3.09. The number of aromatic nitrogens is 1. The van der Waals surface area contributed by atoms with E-state index in [9.17, 15) is 14.0 Å². The van der Waals surface area contributed by atoms with Gasteiger partial charge in [-0.25, -0.2) is 9.37 Å². The van der Waals surface area contributed by atoms with E-state index in [-0.39, 0.29) is 24.2 Å². The van der Waals surface area contributed by atoms with Crippen LogP contribution in [0.5, 0.6) is 11.6 Å². The summed E-state index contributed by atoms with van der Waals surface area (Å²) in [4.78, 5) is 33.7. The van der Waals surface area contributed by atoms with Crippen LogP contribution in [-0.4, -0.2) is 59.3 Å². The number of rotatable bonds is 6. The molecule has 1 fully saturated rings. The SMILES string of the molecule is CNC(=O)C1CN(C(=O)c2ccnc(Oc3cccc(F)c3)c2)CCN1Cc1ccccc1. The molecule has 1 aromatic heterocycles. The molecule has 0 spiro atoms. The molecule has 1 unspecified atom stereocenters. The Labute approximate surface area is 191 Å². The lowest BCUT2D eigenvalue weighted by atomic mass is 10.1. The Morgan fingerprint density at radius 1 is 1.09 bits per heavy atom. The average molecular weight is 448 g/mol. The van der Waals surface area contributed by atoms with Crippen LogP contribution in [0.2, 0.25) is 0 Å². The van der Waals surface area contributed by atoms with Crippen molar-refractivity contribution in [3.63, 3.8) is 0 Å². The van der Waals surface area contributed by atoms with Gasteiger partial charge in [-0.2, -0.15) is 0 Å². The fraction of sp³-hybridized carbons (Fsp3) is 0.240. The minimum atomic E-state index is -0.460. The zero-order valence-corrected chi connectivity index (χ0v) is 18.3. The van der Waals surface area contributed by atoms with Gasteiger partial charge in [0, 0.05) is 57.1 Å². The average Bonchev–Trinajstić information content (AvgIpc) is 2.84. The summed E-state index contributed by atoms with van der Waals surface area (Å²) in [5, 5.41) is 2.71. The summed E-state index contributed by atoms with van der Waals surface area (Å²) in [6.07, 6.45) is 1.48. The second kappa shape index (κ2) is 10.2. The van der Waals surface area contributed by atoms with Crippen LogP contribution in [0.25, 0.3) is 0 Å². The maximum atomic E-state index is 13.4. The van der Waals surface area contributed by atoms with Crippen molar-refractivity contribution in [2.24, 2.45) is 0 Å². The second-order valence-electron chi connectivity index (χ2n) is 7.78. The third-order valence-corrected chi connectivity index (χ3v) is 5.56. The monoisotopic (exact) mass is 448 g/mol. The first-order valence-electron chi connectivity index (χ1n) is 10.7. The molecule has 0 aliphatic carbocycles. The Morgan fingerprint density at radius 2 is 1.91 bits per heavy atom. The molecule has 2 aromatic carbocycles. The second-order valence-corrected chi connectivity index (χ2v) is 7.78. The summed E-state index contributed by atoms with van der Waals surface area (Å²) >= 11 is 0. The van der Waals surface area contributed by atoms with Crippen molar-refractivity contribution in [1.82, 2.24) is 20.1 Å². The number of piperazine rings is 1. The Morgan fingerprint density at radius 3 is 2.67 bits per heavy atom. The standard InChI is InChI=1S/C25H25FN4O3/c1-27-24(31)22-17-30(13-12-29(22)16-18-6-3-2-4-7-18)25(32)19-10-11-28-23(14-19)33-21-9-5-8-20(26)15-21/h2-11,14-15,22H,12-13,16-17H2,1H3,(H,27,31). The molecule has 8 heteroatoms. The molecule has 4 rings (SSSR count). The van der Waals surface area contributed by atoms with E-state index < -0.39 is 11.9 Å². The molecule has 1 aliphatic heterocycles. The highest BCUT2D eigenvalue weighted by Crippen LogP contribution is 2.22. The number of hydrogen-bond donors (Lipinski definition) is 1. The van der Waals surface area contributed by atoms with E-state index >= 15 is 0 Å². The molecule has 1 aliphatic rings. The summed E-state index contributed by atoms with van der Waals surface area (Å²) in [7, 11) is 1.60. The number of amides is 2. The van der Waals surface area contributed by atoms with Crippen LogP contribution in [0.4, 0.5) is 4.39 Å². The van der Waals surface area contributed by atoms with Crippen molar-refractivity contribution in [2.45, 2.75) is 12.6 Å². The van der Waals surface area contributed by atoms with Crippen molar-refractivity contribution >= 4 is 11.8 Å². The van der Waals surface area contributed by atoms with Crippen LogP contribution < -0.4 is 10.1 Å². The van der Waals surface area contributed by atoms with E-state index in [1.807, 2.05) is 30.3 Å². The van der Waals surface area contributed by atoms with Gasteiger partial charge in [0.15, 0.2) is 0 Å². The smallest absolute Gasteiger partial charge is 0.254 e. The first-order chi connectivity index (χ1) is 16.0. The quantitative estimate of drug-likeness (QED) is 0.627. The van der Waals surface area contributed by atoms with E-state index in [2.05, 4.69) is 15.2 Å². The molecular formula is C25H25FN4O3. The Balaban J connectivity index is 1.47. The van der Waals surface area contributed by atoms with Gasteiger partial charge >= 0.3 is 0 Å². The Kier molecular flexibility index (Phi) is 6.95. The van der Waals surface area contributed by atoms with Gasteiger partial charge in [-0.05, 0) is 23.8 Å². The Bertz CT molecular complexity index is 1130. The molecule has 0 radical (unpaired) electrons. The largest absolute Gasteiger partial charge is 0.439 e. The van der Waals surface area contributed by atoms with Crippen LogP contribution in [0.1, 0.15) is 15.9 Å². The van der Waals surface area contributed by atoms with E-state index in [4.69, 9.17) is 4.74 Å². The van der Waals surface area contributed by atoms with Crippen LogP contribution >= 0.6 is 0 Å². The number of hydrogen-bond acceptors (Lipinski definition) is 5. The highest BCUT2D eigenvalue weighted by molar-refractivity contribution is 5.95. The first kappa shape index (κ1) is 22.4. The summed E-state index contributed by atoms with van der Waals surface area (Å²) in [5.41, 5.74) is 1.50. The van der Waals surface area contributed by atoms with Crippen molar-refractivity contribution in [2.75, 3.05) is 26.7 Å². The van der Waals surface area contributed by atoms with Crippen LogP contribution in [-0.2, 0) is 11.3 Å². The van der Waals surface area contributed by atoms with Crippen LogP contribution in [0, 0.1) is 5.82 Å². The fourth-order valence-corrected chi connectivity index (χ4v) is 3.86. The lowest BCUT2D eigenvalue weighted by Crippen LogP contribution is -2.59. The van der Waals surface area contributed by atoms with Gasteiger partial charge in [0.25, 0.3) is 5.91 Å². The number of benzene rings is 2. The third-order valence-electron chi connectivity index (χ3n) is 5.56. The van der Waals surface area contributed by atoms with Gasteiger partial charge in [-0.3, -0.25) is 14.5 Å². The first-order valence-corrected chi connectivity index (χ1v) is 10.7. The number of carbonyl (C=O) groups excluding carboxylic acids is 2. The van der Waals surface area contributed by atoms with E-state index in [0.717, 1.165) is 5.56 Å². The fourth-order valence-electron chi connectivity index (χ4n) is 3.86. The molecule has 2 heterocycles. The molecule has 33 heavy (non-hydrogen) atoms. The highest BCUT2D eigenvalue weighted by Gasteiger charge is 2.34. The van der Waals surface area contributed by atoms with Gasteiger partial charge in [-0.15, -0.1) is 0 Å². The number of likely N-dealkylation sites (N-methyl/N-ethyl adjacent to an activating group) is 1. The summed E-state index contributed by atoms with van der Waals surface area (Å²) in [6, 6.07) is 18.3. The number of carbonyl (C=O) groups is 2. The van der Waals surface area contributed by atoms with E-state index in [0.29, 0.717) is 30.9 Å². The number of ether oxygens (including phenoxy) is 1. The topological polar surface area (TPSA) is 74.8 Å². The van der Waals surface area contributed by atoms with Gasteiger partial charge in [0.2, 0.25) is 11.8 Å². The number of pyridine rings is 1. The van der Waals surface area contributed by atoms with Crippen molar-refractivity contribution in [1.29, 1.82) is 0 Å². The molecule has 1 N–H and O–H groups in total. The molecule has 0 saturated carbocycles. The van der Waals surface area contributed by atoms with Gasteiger partial charge < -0.3 is 15.0 Å². The molecule has 2 amide bonds. The van der Waals surface area contributed by atoms with Gasteiger partial charge in [0.05, 0.1) is 0 Å². The molecule has 1 atom stereocenters. The normalized spacial score (nSPS) is 16.3. The lowest BCUT2D eigenvalue weighted by molar-refractivity contribution is -0.128. The van der Waals surface area contributed by atoms with Gasteiger partial charge in [0.1, 0.15) is 17.6 Å². The Hall–Kier alpha value is -3.78. The summed E-state index contributed by atoms with van der Waals surface area (Å²) < 4.78 is 19.0. The number of nitrogens with zero attached hydrogens (tertiary/aromatic N) is 3. The van der Waals surface area contributed by atoms with Crippen molar-refractivity contribution in [3.8, 4) is 11.6 Å². The van der Waals surface area contributed by atoms with E-state index in [1.54, 1.807) is 24.1 Å². The van der Waals surface area contributed by atoms with Gasteiger partial charge in [-0.1, -0.05) is 36.4 Å². The van der Waals surface area contributed by atoms with Crippen molar-refractivity contribution < 1.29 is 18.7 Å². The van der Waals surface area contributed by atoms with Crippen LogP contribution in [0.3, 0.4) is 0 Å². The number of nitrogens with one attached hydrogen (secondary N) is 1.